The van der Waals surface area contributed by atoms with Gasteiger partial charge in [0.25, 0.3) is 0 Å². The summed E-state index contributed by atoms with van der Waals surface area (Å²) >= 11 is 0. The van der Waals surface area contributed by atoms with Crippen LogP contribution in [-0.2, 0) is 9.53 Å². The summed E-state index contributed by atoms with van der Waals surface area (Å²) in [4.78, 5) is 18.9. The molecule has 2 aliphatic rings. The number of rotatable bonds is 4. The van der Waals surface area contributed by atoms with Crippen LogP contribution in [0.15, 0.2) is 18.3 Å². The zero-order valence-electron chi connectivity index (χ0n) is 13.5. The highest BCUT2D eigenvalue weighted by Gasteiger charge is 2.32. The number of carbonyl (C=O) groups excluding carboxylic acids is 1. The molecular formula is C17H25N3O3. The molecule has 1 aromatic heterocycles. The maximum atomic E-state index is 12.2. The average Bonchev–Trinajstić information content (AvgIpc) is 2.56. The highest BCUT2D eigenvalue weighted by molar-refractivity contribution is 5.91. The topological polar surface area (TPSA) is 74.7 Å². The number of piperidine rings is 1. The van der Waals surface area contributed by atoms with E-state index >= 15 is 0 Å². The van der Waals surface area contributed by atoms with Crippen molar-refractivity contribution in [1.82, 2.24) is 4.98 Å². The zero-order chi connectivity index (χ0) is 16.1. The maximum Gasteiger partial charge on any atom is 0.227 e. The number of nitrogens with one attached hydrogen (secondary N) is 1. The molecule has 2 aliphatic heterocycles. The summed E-state index contributed by atoms with van der Waals surface area (Å²) in [6, 6.07) is 3.70. The molecule has 0 aliphatic carbocycles. The van der Waals surface area contributed by atoms with E-state index in [0.29, 0.717) is 26.1 Å². The Morgan fingerprint density at radius 1 is 1.30 bits per heavy atom. The minimum atomic E-state index is -0.939. The monoisotopic (exact) mass is 319 g/mol. The van der Waals surface area contributed by atoms with Crippen LogP contribution in [0.25, 0.3) is 0 Å². The molecule has 0 atom stereocenters. The summed E-state index contributed by atoms with van der Waals surface area (Å²) in [7, 11) is 0. The van der Waals surface area contributed by atoms with Gasteiger partial charge >= 0.3 is 0 Å². The molecule has 2 N–H and O–H groups in total. The average molecular weight is 319 g/mol. The summed E-state index contributed by atoms with van der Waals surface area (Å²) < 4.78 is 5.24. The second-order valence-electron chi connectivity index (χ2n) is 6.51. The molecule has 2 fully saturated rings. The quantitative estimate of drug-likeness (QED) is 0.887. The lowest BCUT2D eigenvalue weighted by Crippen LogP contribution is -2.39. The number of amides is 1. The van der Waals surface area contributed by atoms with E-state index in [2.05, 4.69) is 15.2 Å². The van der Waals surface area contributed by atoms with Crippen LogP contribution in [0.1, 0.15) is 38.5 Å². The van der Waals surface area contributed by atoms with Crippen LogP contribution in [0.3, 0.4) is 0 Å². The summed E-state index contributed by atoms with van der Waals surface area (Å²) in [5.41, 5.74) is -0.202. The molecule has 6 nitrogen and oxygen atoms in total. The molecule has 126 valence electrons. The molecule has 0 aromatic carbocycles. The molecule has 1 amide bonds. The van der Waals surface area contributed by atoms with E-state index < -0.39 is 5.60 Å². The lowest BCUT2D eigenvalue weighted by atomic mass is 9.90. The molecule has 0 bridgehead atoms. The highest BCUT2D eigenvalue weighted by Crippen LogP contribution is 2.25. The Morgan fingerprint density at radius 3 is 2.78 bits per heavy atom. The summed E-state index contributed by atoms with van der Waals surface area (Å²) in [6.45, 7) is 3.06. The molecule has 23 heavy (non-hydrogen) atoms. The number of hydrogen-bond acceptors (Lipinski definition) is 5. The number of pyridine rings is 1. The molecule has 0 saturated carbocycles. The molecule has 3 heterocycles. The minimum absolute atomic E-state index is 0.109. The van der Waals surface area contributed by atoms with Gasteiger partial charge in [0.05, 0.1) is 12.0 Å². The van der Waals surface area contributed by atoms with E-state index in [4.69, 9.17) is 4.74 Å². The van der Waals surface area contributed by atoms with Gasteiger partial charge in [0, 0.05) is 57.1 Å². The second-order valence-corrected chi connectivity index (χ2v) is 6.51. The lowest BCUT2D eigenvalue weighted by molar-refractivity contribution is -0.126. The maximum absolute atomic E-state index is 12.2. The first kappa shape index (κ1) is 16.2. The van der Waals surface area contributed by atoms with Gasteiger partial charge in [-0.2, -0.15) is 0 Å². The third-order valence-corrected chi connectivity index (χ3v) is 4.62. The predicted molar refractivity (Wildman–Crippen MR) is 88.6 cm³/mol. The lowest BCUT2D eigenvalue weighted by Gasteiger charge is -2.31. The van der Waals surface area contributed by atoms with Crippen LogP contribution >= 0.6 is 0 Å². The second kappa shape index (κ2) is 7.27. The van der Waals surface area contributed by atoms with Gasteiger partial charge in [0.1, 0.15) is 5.82 Å². The molecule has 0 unspecified atom stereocenters. The molecule has 6 heteroatoms. The van der Waals surface area contributed by atoms with Gasteiger partial charge in [-0.1, -0.05) is 0 Å². The van der Waals surface area contributed by atoms with E-state index in [1.54, 1.807) is 12.3 Å². The van der Waals surface area contributed by atoms with Crippen LogP contribution in [0, 0.1) is 0 Å². The van der Waals surface area contributed by atoms with Crippen molar-refractivity contribution in [3.8, 4) is 0 Å². The first-order valence-electron chi connectivity index (χ1n) is 8.46. The van der Waals surface area contributed by atoms with Gasteiger partial charge < -0.3 is 20.1 Å². The number of carbonyl (C=O) groups is 1. The number of anilines is 2. The van der Waals surface area contributed by atoms with Gasteiger partial charge in [-0.05, 0) is 25.3 Å². The molecule has 3 rings (SSSR count). The predicted octanol–water partition coefficient (Wildman–Crippen LogP) is 1.94. The van der Waals surface area contributed by atoms with E-state index in [9.17, 15) is 9.90 Å². The van der Waals surface area contributed by atoms with E-state index in [0.717, 1.165) is 24.6 Å². The minimum Gasteiger partial charge on any atom is -0.389 e. The van der Waals surface area contributed by atoms with Crippen molar-refractivity contribution >= 4 is 17.4 Å². The van der Waals surface area contributed by atoms with Gasteiger partial charge in [-0.3, -0.25) is 4.79 Å². The Bertz CT molecular complexity index is 538. The normalized spacial score (nSPS) is 21.0. The first-order valence-corrected chi connectivity index (χ1v) is 8.46. The van der Waals surface area contributed by atoms with E-state index in [1.807, 2.05) is 6.07 Å². The molecular weight excluding hydrogens is 294 g/mol. The number of aromatic nitrogens is 1. The SMILES string of the molecule is O=C(CC1(O)CCOCC1)Nc1ccnc(N2CCCCC2)c1. The molecule has 0 radical (unpaired) electrons. The van der Waals surface area contributed by atoms with Crippen molar-refractivity contribution in [2.75, 3.05) is 36.5 Å². The number of ether oxygens (including phenoxy) is 1. The number of hydrogen-bond donors (Lipinski definition) is 2. The molecule has 2 saturated heterocycles. The molecule has 1 aromatic rings. The highest BCUT2D eigenvalue weighted by atomic mass is 16.5. The van der Waals surface area contributed by atoms with Crippen molar-refractivity contribution in [3.63, 3.8) is 0 Å². The Labute approximate surface area is 136 Å². The smallest absolute Gasteiger partial charge is 0.227 e. The Kier molecular flexibility index (Phi) is 5.13. The Balaban J connectivity index is 1.59. The van der Waals surface area contributed by atoms with Crippen molar-refractivity contribution in [1.29, 1.82) is 0 Å². The van der Waals surface area contributed by atoms with Crippen molar-refractivity contribution in [2.24, 2.45) is 0 Å². The molecule has 0 spiro atoms. The Hall–Kier alpha value is -1.66. The van der Waals surface area contributed by atoms with E-state index in [-0.39, 0.29) is 12.3 Å². The summed E-state index contributed by atoms with van der Waals surface area (Å²) in [6.07, 6.45) is 6.50. The van der Waals surface area contributed by atoms with Crippen molar-refractivity contribution in [3.05, 3.63) is 18.3 Å². The van der Waals surface area contributed by atoms with Gasteiger partial charge in [0.15, 0.2) is 0 Å². The largest absolute Gasteiger partial charge is 0.389 e. The number of nitrogens with zero attached hydrogens (tertiary/aromatic N) is 2. The zero-order valence-corrected chi connectivity index (χ0v) is 13.5. The van der Waals surface area contributed by atoms with Gasteiger partial charge in [-0.15, -0.1) is 0 Å². The van der Waals surface area contributed by atoms with Crippen LogP contribution in [-0.4, -0.2) is 47.9 Å². The van der Waals surface area contributed by atoms with Crippen LogP contribution in [0.4, 0.5) is 11.5 Å². The van der Waals surface area contributed by atoms with Crippen LogP contribution < -0.4 is 10.2 Å². The van der Waals surface area contributed by atoms with Gasteiger partial charge in [-0.25, -0.2) is 4.98 Å². The fraction of sp³-hybridized carbons (Fsp3) is 0.647. The number of aliphatic hydroxyl groups is 1. The standard InChI is InChI=1S/C17H25N3O3/c21-16(13-17(22)5-10-23-11-6-17)19-14-4-7-18-15(12-14)20-8-2-1-3-9-20/h4,7,12,22H,1-3,5-6,8-11,13H2,(H,18,19,21). The fourth-order valence-corrected chi connectivity index (χ4v) is 3.22. The van der Waals surface area contributed by atoms with Gasteiger partial charge in [0.2, 0.25) is 5.91 Å². The Morgan fingerprint density at radius 2 is 2.04 bits per heavy atom. The fourth-order valence-electron chi connectivity index (χ4n) is 3.22. The summed E-state index contributed by atoms with van der Waals surface area (Å²) in [5, 5.41) is 13.3. The third-order valence-electron chi connectivity index (χ3n) is 4.62. The first-order chi connectivity index (χ1) is 11.1. The third kappa shape index (κ3) is 4.42. The van der Waals surface area contributed by atoms with Crippen molar-refractivity contribution in [2.45, 2.75) is 44.1 Å². The van der Waals surface area contributed by atoms with Crippen LogP contribution in [0.2, 0.25) is 0 Å². The van der Waals surface area contributed by atoms with Crippen LogP contribution in [0.5, 0.6) is 0 Å². The van der Waals surface area contributed by atoms with Crippen molar-refractivity contribution < 1.29 is 14.6 Å². The summed E-state index contributed by atoms with van der Waals surface area (Å²) in [5.74, 6) is 0.748. The van der Waals surface area contributed by atoms with E-state index in [1.165, 1.54) is 19.3 Å².